The Bertz CT molecular complexity index is 502. The standard InChI is InChI=1S/C14H18N4/c15-13(16)8-4-5-10-18-11-9-17-14(18)12-6-2-1-3-7-12/h1-3,6-7,9,11H,4-5,8,10H2,(H3,15,16). The Labute approximate surface area is 107 Å². The molecular weight excluding hydrogens is 224 g/mol. The molecule has 0 unspecified atom stereocenters. The van der Waals surface area contributed by atoms with Crippen LogP contribution in [0.5, 0.6) is 0 Å². The first-order valence-corrected chi connectivity index (χ1v) is 6.17. The Morgan fingerprint density at radius 1 is 1.22 bits per heavy atom. The van der Waals surface area contributed by atoms with Crippen molar-refractivity contribution in [1.82, 2.24) is 9.55 Å². The molecule has 0 bridgehead atoms. The maximum absolute atomic E-state index is 7.18. The van der Waals surface area contributed by atoms with Gasteiger partial charge in [-0.3, -0.25) is 5.41 Å². The van der Waals surface area contributed by atoms with E-state index < -0.39 is 0 Å². The monoisotopic (exact) mass is 242 g/mol. The van der Waals surface area contributed by atoms with Crippen LogP contribution in [0, 0.1) is 5.41 Å². The van der Waals surface area contributed by atoms with Crippen LogP contribution in [0.15, 0.2) is 42.7 Å². The summed E-state index contributed by atoms with van der Waals surface area (Å²) in [5, 5.41) is 7.18. The summed E-state index contributed by atoms with van der Waals surface area (Å²) in [6.07, 6.45) is 6.45. The SMILES string of the molecule is N=C(N)CCCCn1ccnc1-c1ccccc1. The third-order valence-electron chi connectivity index (χ3n) is 2.84. The van der Waals surface area contributed by atoms with Crippen LogP contribution in [0.4, 0.5) is 0 Å². The molecule has 0 spiro atoms. The van der Waals surface area contributed by atoms with Crippen LogP contribution < -0.4 is 5.73 Å². The molecule has 18 heavy (non-hydrogen) atoms. The van der Waals surface area contributed by atoms with Crippen LogP contribution in [0.1, 0.15) is 19.3 Å². The van der Waals surface area contributed by atoms with Gasteiger partial charge < -0.3 is 10.3 Å². The van der Waals surface area contributed by atoms with Crippen molar-refractivity contribution < 1.29 is 0 Å². The molecule has 2 aromatic rings. The van der Waals surface area contributed by atoms with E-state index >= 15 is 0 Å². The van der Waals surface area contributed by atoms with Gasteiger partial charge in [0.2, 0.25) is 0 Å². The number of unbranched alkanes of at least 4 members (excludes halogenated alkanes) is 1. The molecule has 4 nitrogen and oxygen atoms in total. The van der Waals surface area contributed by atoms with Gasteiger partial charge in [0.15, 0.2) is 0 Å². The Balaban J connectivity index is 1.98. The number of aryl methyl sites for hydroxylation is 1. The lowest BCUT2D eigenvalue weighted by Gasteiger charge is -2.07. The van der Waals surface area contributed by atoms with E-state index in [0.717, 1.165) is 30.8 Å². The third-order valence-corrected chi connectivity index (χ3v) is 2.84. The maximum atomic E-state index is 7.18. The predicted molar refractivity (Wildman–Crippen MR) is 73.4 cm³/mol. The molecule has 1 heterocycles. The first-order chi connectivity index (χ1) is 8.77. The smallest absolute Gasteiger partial charge is 0.139 e. The summed E-state index contributed by atoms with van der Waals surface area (Å²) in [6.45, 7) is 0.914. The minimum atomic E-state index is 0.268. The van der Waals surface area contributed by atoms with Gasteiger partial charge in [-0.05, 0) is 12.8 Å². The molecule has 0 aliphatic rings. The average molecular weight is 242 g/mol. The number of hydrogen-bond donors (Lipinski definition) is 2. The van der Waals surface area contributed by atoms with E-state index in [4.69, 9.17) is 11.1 Å². The van der Waals surface area contributed by atoms with E-state index in [0.29, 0.717) is 6.42 Å². The molecule has 0 atom stereocenters. The highest BCUT2D eigenvalue weighted by atomic mass is 15.1. The zero-order chi connectivity index (χ0) is 12.8. The number of benzene rings is 1. The normalized spacial score (nSPS) is 10.4. The van der Waals surface area contributed by atoms with Gasteiger partial charge in [0.1, 0.15) is 5.82 Å². The average Bonchev–Trinajstić information content (AvgIpc) is 2.84. The van der Waals surface area contributed by atoms with E-state index in [1.54, 1.807) is 0 Å². The van der Waals surface area contributed by atoms with Gasteiger partial charge in [-0.2, -0.15) is 0 Å². The second-order valence-electron chi connectivity index (χ2n) is 4.29. The molecule has 94 valence electrons. The molecule has 0 radical (unpaired) electrons. The van der Waals surface area contributed by atoms with Crippen molar-refractivity contribution in [3.63, 3.8) is 0 Å². The van der Waals surface area contributed by atoms with E-state index in [1.165, 1.54) is 0 Å². The molecule has 0 fully saturated rings. The Hall–Kier alpha value is -2.10. The number of amidine groups is 1. The van der Waals surface area contributed by atoms with Crippen molar-refractivity contribution in [2.75, 3.05) is 0 Å². The quantitative estimate of drug-likeness (QED) is 0.464. The second kappa shape index (κ2) is 6.00. The zero-order valence-corrected chi connectivity index (χ0v) is 10.3. The summed E-state index contributed by atoms with van der Waals surface area (Å²) in [5.41, 5.74) is 6.47. The van der Waals surface area contributed by atoms with Crippen molar-refractivity contribution in [3.05, 3.63) is 42.7 Å². The lowest BCUT2D eigenvalue weighted by molar-refractivity contribution is 0.623. The van der Waals surface area contributed by atoms with Crippen LogP contribution in [0.3, 0.4) is 0 Å². The lowest BCUT2D eigenvalue weighted by Crippen LogP contribution is -2.09. The second-order valence-corrected chi connectivity index (χ2v) is 4.29. The first-order valence-electron chi connectivity index (χ1n) is 6.17. The van der Waals surface area contributed by atoms with Gasteiger partial charge >= 0.3 is 0 Å². The molecule has 0 aliphatic heterocycles. The first kappa shape index (κ1) is 12.4. The van der Waals surface area contributed by atoms with Gasteiger partial charge in [0.05, 0.1) is 5.84 Å². The summed E-state index contributed by atoms with van der Waals surface area (Å²) in [5.74, 6) is 1.27. The number of nitrogens with two attached hydrogens (primary N) is 1. The molecule has 0 saturated carbocycles. The highest BCUT2D eigenvalue weighted by molar-refractivity contribution is 5.76. The summed E-state index contributed by atoms with van der Waals surface area (Å²) >= 11 is 0. The molecule has 4 heteroatoms. The molecule has 2 rings (SSSR count). The summed E-state index contributed by atoms with van der Waals surface area (Å²) in [4.78, 5) is 4.40. The molecule has 0 aliphatic carbocycles. The number of hydrogen-bond acceptors (Lipinski definition) is 2. The number of rotatable bonds is 6. The van der Waals surface area contributed by atoms with E-state index in [-0.39, 0.29) is 5.84 Å². The van der Waals surface area contributed by atoms with Crippen molar-refractivity contribution in [2.45, 2.75) is 25.8 Å². The molecule has 1 aromatic carbocycles. The van der Waals surface area contributed by atoms with Gasteiger partial charge in [-0.15, -0.1) is 0 Å². The predicted octanol–water partition coefficient (Wildman–Crippen LogP) is 2.66. The highest BCUT2D eigenvalue weighted by Crippen LogP contribution is 2.17. The minimum Gasteiger partial charge on any atom is -0.388 e. The molecular formula is C14H18N4. The van der Waals surface area contributed by atoms with E-state index in [1.807, 2.05) is 30.6 Å². The summed E-state index contributed by atoms with van der Waals surface area (Å²) < 4.78 is 2.15. The van der Waals surface area contributed by atoms with Crippen LogP contribution in [0.2, 0.25) is 0 Å². The largest absolute Gasteiger partial charge is 0.388 e. The number of aromatic nitrogens is 2. The van der Waals surface area contributed by atoms with Crippen LogP contribution in [0.25, 0.3) is 11.4 Å². The van der Waals surface area contributed by atoms with Crippen LogP contribution >= 0.6 is 0 Å². The number of imidazole rings is 1. The van der Waals surface area contributed by atoms with E-state index in [2.05, 4.69) is 21.7 Å². The van der Waals surface area contributed by atoms with Gasteiger partial charge in [0.25, 0.3) is 0 Å². The number of nitrogens with one attached hydrogen (secondary N) is 1. The zero-order valence-electron chi connectivity index (χ0n) is 10.3. The van der Waals surface area contributed by atoms with Gasteiger partial charge in [-0.1, -0.05) is 30.3 Å². The van der Waals surface area contributed by atoms with Crippen LogP contribution in [-0.4, -0.2) is 15.4 Å². The summed E-state index contributed by atoms with van der Waals surface area (Å²) in [6, 6.07) is 10.2. The van der Waals surface area contributed by atoms with Crippen molar-refractivity contribution >= 4 is 5.84 Å². The van der Waals surface area contributed by atoms with Crippen molar-refractivity contribution in [2.24, 2.45) is 5.73 Å². The molecule has 3 N–H and O–H groups in total. The molecule has 0 amide bonds. The lowest BCUT2D eigenvalue weighted by atomic mass is 10.2. The molecule has 1 aromatic heterocycles. The highest BCUT2D eigenvalue weighted by Gasteiger charge is 2.04. The fraction of sp³-hybridized carbons (Fsp3) is 0.286. The fourth-order valence-corrected chi connectivity index (χ4v) is 1.93. The van der Waals surface area contributed by atoms with E-state index in [9.17, 15) is 0 Å². The van der Waals surface area contributed by atoms with Gasteiger partial charge in [0, 0.05) is 30.9 Å². The molecule has 0 saturated heterocycles. The Morgan fingerprint density at radius 2 is 2.00 bits per heavy atom. The maximum Gasteiger partial charge on any atom is 0.139 e. The summed E-state index contributed by atoms with van der Waals surface area (Å²) in [7, 11) is 0. The fourth-order valence-electron chi connectivity index (χ4n) is 1.93. The van der Waals surface area contributed by atoms with Crippen LogP contribution in [-0.2, 0) is 6.54 Å². The third kappa shape index (κ3) is 3.20. The minimum absolute atomic E-state index is 0.268. The number of nitrogens with zero attached hydrogens (tertiary/aromatic N) is 2. The van der Waals surface area contributed by atoms with Gasteiger partial charge in [-0.25, -0.2) is 4.98 Å². The Kier molecular flexibility index (Phi) is 4.12. The Morgan fingerprint density at radius 3 is 2.72 bits per heavy atom. The topological polar surface area (TPSA) is 67.7 Å². The van der Waals surface area contributed by atoms with Crippen molar-refractivity contribution in [3.8, 4) is 11.4 Å². The van der Waals surface area contributed by atoms with Crippen molar-refractivity contribution in [1.29, 1.82) is 5.41 Å².